The number of hydrogen-bond donors (Lipinski definition) is 0. The first-order valence-corrected chi connectivity index (χ1v) is 9.52. The lowest BCUT2D eigenvalue weighted by Gasteiger charge is -2.37. The maximum atomic E-state index is 12.5. The van der Waals surface area contributed by atoms with Gasteiger partial charge in [0.05, 0.1) is 12.6 Å². The van der Waals surface area contributed by atoms with Crippen molar-refractivity contribution in [3.8, 4) is 0 Å². The average molecular weight is 359 g/mol. The first-order chi connectivity index (χ1) is 12.7. The van der Waals surface area contributed by atoms with Crippen LogP contribution in [-0.4, -0.2) is 85.5 Å². The molecule has 0 N–H and O–H groups in total. The number of benzene rings is 1. The summed E-state index contributed by atoms with van der Waals surface area (Å²) in [4.78, 5) is 31.1. The van der Waals surface area contributed by atoms with Crippen LogP contribution in [0.25, 0.3) is 0 Å². The minimum atomic E-state index is -0.0200. The fourth-order valence-corrected chi connectivity index (χ4v) is 3.82. The third-order valence-corrected chi connectivity index (χ3v) is 5.41. The Bertz CT molecular complexity index is 600. The molecule has 0 radical (unpaired) electrons. The van der Waals surface area contributed by atoms with Gasteiger partial charge in [-0.05, 0) is 18.4 Å². The molecule has 6 heteroatoms. The Balaban J connectivity index is 1.42. The topological polar surface area (TPSA) is 53.1 Å². The largest absolute Gasteiger partial charge is 0.383 e. The van der Waals surface area contributed by atoms with Crippen LogP contribution in [0.4, 0.5) is 0 Å². The summed E-state index contributed by atoms with van der Waals surface area (Å²) in [6, 6.07) is 10.1. The molecule has 26 heavy (non-hydrogen) atoms. The van der Waals surface area contributed by atoms with E-state index in [1.807, 2.05) is 28.0 Å². The molecule has 2 aliphatic heterocycles. The number of carbonyl (C=O) groups excluding carboxylic acids is 2. The molecule has 142 valence electrons. The van der Waals surface area contributed by atoms with Crippen molar-refractivity contribution in [3.63, 3.8) is 0 Å². The van der Waals surface area contributed by atoms with E-state index in [0.29, 0.717) is 19.6 Å². The van der Waals surface area contributed by atoms with Crippen molar-refractivity contribution in [1.29, 1.82) is 0 Å². The van der Waals surface area contributed by atoms with Crippen LogP contribution in [0.2, 0.25) is 0 Å². The van der Waals surface area contributed by atoms with E-state index >= 15 is 0 Å². The first kappa shape index (κ1) is 18.9. The molecule has 2 heterocycles. The Morgan fingerprint density at radius 3 is 2.54 bits per heavy atom. The maximum Gasteiger partial charge on any atom is 0.240 e. The zero-order valence-electron chi connectivity index (χ0n) is 15.6. The molecule has 2 saturated heterocycles. The van der Waals surface area contributed by atoms with Gasteiger partial charge in [0.25, 0.3) is 0 Å². The zero-order valence-corrected chi connectivity index (χ0v) is 15.6. The molecule has 1 atom stereocenters. The minimum absolute atomic E-state index is 0.0200. The van der Waals surface area contributed by atoms with Crippen molar-refractivity contribution in [2.75, 3.05) is 53.0 Å². The maximum absolute atomic E-state index is 12.5. The number of nitrogens with zero attached hydrogens (tertiary/aromatic N) is 3. The van der Waals surface area contributed by atoms with Crippen molar-refractivity contribution < 1.29 is 14.3 Å². The Kier molecular flexibility index (Phi) is 6.63. The lowest BCUT2D eigenvalue weighted by atomic mass is 10.1. The number of amides is 2. The molecule has 1 aromatic rings. The number of rotatable bonds is 7. The number of piperazine rings is 1. The quantitative estimate of drug-likeness (QED) is 0.729. The lowest BCUT2D eigenvalue weighted by molar-refractivity contribution is -0.136. The van der Waals surface area contributed by atoms with Gasteiger partial charge in [-0.25, -0.2) is 0 Å². The van der Waals surface area contributed by atoms with Crippen molar-refractivity contribution in [2.24, 2.45) is 0 Å². The van der Waals surface area contributed by atoms with Crippen LogP contribution in [0.5, 0.6) is 0 Å². The van der Waals surface area contributed by atoms with E-state index < -0.39 is 0 Å². The van der Waals surface area contributed by atoms with Gasteiger partial charge >= 0.3 is 0 Å². The van der Waals surface area contributed by atoms with Gasteiger partial charge in [0.2, 0.25) is 11.8 Å². The Morgan fingerprint density at radius 1 is 1.12 bits per heavy atom. The van der Waals surface area contributed by atoms with Crippen LogP contribution in [0.3, 0.4) is 0 Å². The molecule has 0 spiro atoms. The summed E-state index contributed by atoms with van der Waals surface area (Å²) in [6.07, 6.45) is 2.22. The molecular formula is C20H29N3O3. The summed E-state index contributed by atoms with van der Waals surface area (Å²) < 4.78 is 5.08. The Labute approximate surface area is 155 Å². The highest BCUT2D eigenvalue weighted by molar-refractivity contribution is 5.84. The van der Waals surface area contributed by atoms with Crippen LogP contribution >= 0.6 is 0 Å². The highest BCUT2D eigenvalue weighted by Gasteiger charge is 2.37. The fraction of sp³-hybridized carbons (Fsp3) is 0.600. The first-order valence-electron chi connectivity index (χ1n) is 9.52. The summed E-state index contributed by atoms with van der Waals surface area (Å²) in [7, 11) is 1.66. The molecule has 0 bridgehead atoms. The van der Waals surface area contributed by atoms with Gasteiger partial charge in [0, 0.05) is 52.8 Å². The molecule has 2 amide bonds. The summed E-state index contributed by atoms with van der Waals surface area (Å²) in [5.74, 6) is 0.430. The standard InChI is InChI=1S/C20H29N3O3/c1-26-16-15-23-10-9-18(20(23)25)21-11-13-22(14-12-21)19(24)8-7-17-5-3-2-4-6-17/h2-6,18H,7-16H2,1H3. The number of ether oxygens (including phenoxy) is 1. The molecule has 1 aromatic carbocycles. The van der Waals surface area contributed by atoms with Gasteiger partial charge in [0.1, 0.15) is 0 Å². The summed E-state index contributed by atoms with van der Waals surface area (Å²) in [5.41, 5.74) is 1.20. The summed E-state index contributed by atoms with van der Waals surface area (Å²) >= 11 is 0. The monoisotopic (exact) mass is 359 g/mol. The van der Waals surface area contributed by atoms with Crippen LogP contribution in [0.1, 0.15) is 18.4 Å². The Hall–Kier alpha value is -1.92. The van der Waals surface area contributed by atoms with Crippen LogP contribution < -0.4 is 0 Å². The second-order valence-electron chi connectivity index (χ2n) is 7.02. The highest BCUT2D eigenvalue weighted by Crippen LogP contribution is 2.19. The van der Waals surface area contributed by atoms with Crippen LogP contribution in [-0.2, 0) is 20.7 Å². The molecular weight excluding hydrogens is 330 g/mol. The van der Waals surface area contributed by atoms with Crippen LogP contribution in [0, 0.1) is 0 Å². The minimum Gasteiger partial charge on any atom is -0.383 e. The predicted octanol–water partition coefficient (Wildman–Crippen LogP) is 1.01. The van der Waals surface area contributed by atoms with Gasteiger partial charge in [-0.3, -0.25) is 14.5 Å². The molecule has 0 aliphatic carbocycles. The second kappa shape index (κ2) is 9.14. The van der Waals surface area contributed by atoms with E-state index in [1.54, 1.807) is 7.11 Å². The van der Waals surface area contributed by atoms with Crippen molar-refractivity contribution in [3.05, 3.63) is 35.9 Å². The van der Waals surface area contributed by atoms with E-state index in [2.05, 4.69) is 17.0 Å². The number of methoxy groups -OCH3 is 1. The fourth-order valence-electron chi connectivity index (χ4n) is 3.82. The lowest BCUT2D eigenvalue weighted by Crippen LogP contribution is -2.53. The molecule has 2 fully saturated rings. The van der Waals surface area contributed by atoms with Gasteiger partial charge in [-0.2, -0.15) is 0 Å². The smallest absolute Gasteiger partial charge is 0.240 e. The molecule has 3 rings (SSSR count). The second-order valence-corrected chi connectivity index (χ2v) is 7.02. The van der Waals surface area contributed by atoms with Gasteiger partial charge in [0.15, 0.2) is 0 Å². The third kappa shape index (κ3) is 4.62. The molecule has 2 aliphatic rings. The molecule has 6 nitrogen and oxygen atoms in total. The van der Waals surface area contributed by atoms with E-state index in [-0.39, 0.29) is 17.9 Å². The molecule has 0 aromatic heterocycles. The van der Waals surface area contributed by atoms with E-state index in [4.69, 9.17) is 4.74 Å². The van der Waals surface area contributed by atoms with E-state index in [0.717, 1.165) is 45.6 Å². The van der Waals surface area contributed by atoms with Crippen molar-refractivity contribution >= 4 is 11.8 Å². The van der Waals surface area contributed by atoms with E-state index in [9.17, 15) is 9.59 Å². The van der Waals surface area contributed by atoms with E-state index in [1.165, 1.54) is 5.56 Å². The summed E-state index contributed by atoms with van der Waals surface area (Å²) in [5, 5.41) is 0. The van der Waals surface area contributed by atoms with Gasteiger partial charge in [-0.15, -0.1) is 0 Å². The highest BCUT2D eigenvalue weighted by atomic mass is 16.5. The predicted molar refractivity (Wildman–Crippen MR) is 99.8 cm³/mol. The zero-order chi connectivity index (χ0) is 18.4. The SMILES string of the molecule is COCCN1CCC(N2CCN(C(=O)CCc3ccccc3)CC2)C1=O. The van der Waals surface area contributed by atoms with Crippen molar-refractivity contribution in [2.45, 2.75) is 25.3 Å². The number of aryl methyl sites for hydroxylation is 1. The van der Waals surface area contributed by atoms with Crippen molar-refractivity contribution in [1.82, 2.24) is 14.7 Å². The number of carbonyl (C=O) groups is 2. The average Bonchev–Trinajstić information content (AvgIpc) is 3.06. The number of hydrogen-bond acceptors (Lipinski definition) is 4. The molecule has 0 saturated carbocycles. The Morgan fingerprint density at radius 2 is 1.85 bits per heavy atom. The third-order valence-electron chi connectivity index (χ3n) is 5.41. The number of likely N-dealkylation sites (tertiary alicyclic amines) is 1. The molecule has 1 unspecified atom stereocenters. The normalized spacial score (nSPS) is 21.4. The van der Waals surface area contributed by atoms with Crippen LogP contribution in [0.15, 0.2) is 30.3 Å². The van der Waals surface area contributed by atoms with Gasteiger partial charge < -0.3 is 14.5 Å². The van der Waals surface area contributed by atoms with Gasteiger partial charge in [-0.1, -0.05) is 30.3 Å². The summed E-state index contributed by atoms with van der Waals surface area (Å²) in [6.45, 7) is 5.07.